The van der Waals surface area contributed by atoms with Crippen molar-refractivity contribution in [2.75, 3.05) is 6.61 Å². The van der Waals surface area contributed by atoms with Crippen molar-refractivity contribution in [2.45, 2.75) is 117 Å². The number of hydrogen-bond donors (Lipinski definition) is 0. The van der Waals surface area contributed by atoms with Crippen molar-refractivity contribution in [1.29, 1.82) is 0 Å². The van der Waals surface area contributed by atoms with Crippen molar-refractivity contribution in [3.05, 3.63) is 0 Å². The molecule has 3 aliphatic heterocycles. The van der Waals surface area contributed by atoms with Crippen LogP contribution in [0, 0.1) is 39.9 Å². The molecule has 0 aromatic rings. The molecule has 6 fully saturated rings. The third kappa shape index (κ3) is 3.64. The fraction of sp³-hybridized carbons (Fsp3) is 0.897. The molecule has 8 heteroatoms. The molecule has 2 bridgehead atoms. The Bertz CT molecular complexity index is 996. The fourth-order valence-corrected chi connectivity index (χ4v) is 10.3. The van der Waals surface area contributed by atoms with Crippen molar-refractivity contribution >= 4 is 17.9 Å². The van der Waals surface area contributed by atoms with E-state index in [0.29, 0.717) is 24.9 Å². The molecule has 0 amide bonds. The maximum atomic E-state index is 12.3. The monoisotopic (exact) mass is 518 g/mol. The van der Waals surface area contributed by atoms with Gasteiger partial charge in [-0.25, -0.2) is 0 Å². The summed E-state index contributed by atoms with van der Waals surface area (Å²) in [6.45, 7) is 10.7. The zero-order valence-electron chi connectivity index (χ0n) is 22.9. The summed E-state index contributed by atoms with van der Waals surface area (Å²) in [5.41, 5.74) is -0.897. The highest BCUT2D eigenvalue weighted by molar-refractivity contribution is 5.74. The Morgan fingerprint density at radius 3 is 2.49 bits per heavy atom. The van der Waals surface area contributed by atoms with Gasteiger partial charge in [0.25, 0.3) is 0 Å². The molecule has 206 valence electrons. The summed E-state index contributed by atoms with van der Waals surface area (Å²) in [7, 11) is 0. The normalized spacial score (nSPS) is 52.0. The lowest BCUT2D eigenvalue weighted by atomic mass is 9.38. The van der Waals surface area contributed by atoms with Crippen molar-refractivity contribution < 1.29 is 38.1 Å². The number of fused-ring (bicyclic) bond motifs is 7. The predicted molar refractivity (Wildman–Crippen MR) is 131 cm³/mol. The Hall–Kier alpha value is -1.67. The molecule has 1 spiro atoms. The predicted octanol–water partition coefficient (Wildman–Crippen LogP) is 4.52. The quantitative estimate of drug-likeness (QED) is 0.397. The van der Waals surface area contributed by atoms with Gasteiger partial charge in [-0.3, -0.25) is 14.4 Å². The molecule has 3 saturated heterocycles. The van der Waals surface area contributed by atoms with E-state index in [9.17, 15) is 14.4 Å². The SMILES string of the molecule is CC(=O)OC[C@@]1(C)CCC[C@]2(C)[C@H]3CC[C@@H]4[C@H]5O[C@@H]6OC(=O)C[C@@]6(O5)[C@H](OC(C)=O)C[C@H]4[C@]3(C)CC[C@H]12. The Labute approximate surface area is 219 Å². The molecule has 3 heterocycles. The van der Waals surface area contributed by atoms with Crippen LogP contribution < -0.4 is 0 Å². The second-order valence-corrected chi connectivity index (χ2v) is 13.7. The molecule has 3 saturated carbocycles. The first-order chi connectivity index (χ1) is 17.4. The van der Waals surface area contributed by atoms with Crippen LogP contribution in [0.5, 0.6) is 0 Å². The summed E-state index contributed by atoms with van der Waals surface area (Å²) in [4.78, 5) is 36.2. The largest absolute Gasteiger partial charge is 0.465 e. The number of esters is 3. The van der Waals surface area contributed by atoms with Crippen LogP contribution in [0.3, 0.4) is 0 Å². The maximum absolute atomic E-state index is 12.3. The van der Waals surface area contributed by atoms with Gasteiger partial charge in [-0.15, -0.1) is 0 Å². The van der Waals surface area contributed by atoms with Crippen LogP contribution in [0.2, 0.25) is 0 Å². The summed E-state index contributed by atoms with van der Waals surface area (Å²) in [5, 5.41) is 0. The van der Waals surface area contributed by atoms with Gasteiger partial charge >= 0.3 is 17.9 Å². The number of rotatable bonds is 3. The Morgan fingerprint density at radius 1 is 0.973 bits per heavy atom. The zero-order valence-corrected chi connectivity index (χ0v) is 22.9. The van der Waals surface area contributed by atoms with Crippen molar-refractivity contribution in [3.8, 4) is 0 Å². The van der Waals surface area contributed by atoms with E-state index >= 15 is 0 Å². The molecular weight excluding hydrogens is 476 g/mol. The number of carbonyl (C=O) groups is 3. The lowest BCUT2D eigenvalue weighted by Gasteiger charge is -2.67. The minimum absolute atomic E-state index is 0.0143. The van der Waals surface area contributed by atoms with Crippen LogP contribution in [0.15, 0.2) is 0 Å². The van der Waals surface area contributed by atoms with Crippen LogP contribution in [-0.2, 0) is 38.1 Å². The van der Waals surface area contributed by atoms with Gasteiger partial charge in [-0.2, -0.15) is 0 Å². The van der Waals surface area contributed by atoms with Crippen LogP contribution >= 0.6 is 0 Å². The number of hydrogen-bond acceptors (Lipinski definition) is 8. The second kappa shape index (κ2) is 8.41. The van der Waals surface area contributed by atoms with Gasteiger partial charge in [0.1, 0.15) is 6.10 Å². The Kier molecular flexibility index (Phi) is 5.82. The molecule has 11 atom stereocenters. The summed E-state index contributed by atoms with van der Waals surface area (Å²) >= 11 is 0. The van der Waals surface area contributed by atoms with E-state index in [2.05, 4.69) is 20.8 Å². The highest BCUT2D eigenvalue weighted by Crippen LogP contribution is 2.71. The van der Waals surface area contributed by atoms with Gasteiger partial charge in [0.15, 0.2) is 11.9 Å². The molecule has 6 rings (SSSR count). The number of carbonyl (C=O) groups excluding carboxylic acids is 3. The van der Waals surface area contributed by atoms with Gasteiger partial charge in [-0.1, -0.05) is 27.2 Å². The van der Waals surface area contributed by atoms with Crippen LogP contribution in [0.1, 0.15) is 92.4 Å². The van der Waals surface area contributed by atoms with Crippen LogP contribution in [-0.4, -0.2) is 48.8 Å². The van der Waals surface area contributed by atoms with E-state index in [-0.39, 0.29) is 52.4 Å². The topological polar surface area (TPSA) is 97.4 Å². The molecule has 0 radical (unpaired) electrons. The van der Waals surface area contributed by atoms with Crippen molar-refractivity contribution in [1.82, 2.24) is 0 Å². The standard InChI is InChI=1S/C29H42O8/c1-16(30)33-15-26(3)10-6-11-28(5)20(26)9-12-27(4)19-13-22(34-17(2)31)29-14-23(32)35-25(29)36-24(37-29)18(19)7-8-21(27)28/h18-22,24-25H,6-15H2,1-5H3/t18-,19+,20+,21-,22+,24-,25-,26+,27-,28-,29+/m0/s1. The number of ether oxygens (including phenoxy) is 5. The molecule has 0 aromatic heterocycles. The average molecular weight is 519 g/mol. The third-order valence-corrected chi connectivity index (χ3v) is 11.7. The van der Waals surface area contributed by atoms with Crippen molar-refractivity contribution in [2.24, 2.45) is 39.9 Å². The summed E-state index contributed by atoms with van der Waals surface area (Å²) in [5.74, 6) is 0.468. The van der Waals surface area contributed by atoms with Crippen LogP contribution in [0.25, 0.3) is 0 Å². The summed E-state index contributed by atoms with van der Waals surface area (Å²) in [6, 6.07) is 0. The van der Waals surface area contributed by atoms with E-state index in [1.54, 1.807) is 0 Å². The minimum Gasteiger partial charge on any atom is -0.465 e. The average Bonchev–Trinajstić information content (AvgIpc) is 3.26. The third-order valence-electron chi connectivity index (χ3n) is 11.7. The molecular formula is C29H42O8. The van der Waals surface area contributed by atoms with E-state index in [4.69, 9.17) is 23.7 Å². The van der Waals surface area contributed by atoms with Gasteiger partial charge in [-0.05, 0) is 73.5 Å². The van der Waals surface area contributed by atoms with E-state index in [0.717, 1.165) is 38.5 Å². The fourth-order valence-electron chi connectivity index (χ4n) is 10.3. The maximum Gasteiger partial charge on any atom is 0.311 e. The minimum atomic E-state index is -1.05. The molecule has 3 aliphatic carbocycles. The first kappa shape index (κ1) is 25.6. The first-order valence-corrected chi connectivity index (χ1v) is 14.2. The molecule has 37 heavy (non-hydrogen) atoms. The highest BCUT2D eigenvalue weighted by atomic mass is 16.8. The van der Waals surface area contributed by atoms with Gasteiger partial charge < -0.3 is 23.7 Å². The van der Waals surface area contributed by atoms with E-state index in [1.165, 1.54) is 20.3 Å². The zero-order chi connectivity index (χ0) is 26.4. The molecule has 8 nitrogen and oxygen atoms in total. The second-order valence-electron chi connectivity index (χ2n) is 13.7. The molecule has 0 unspecified atom stereocenters. The molecule has 6 aliphatic rings. The first-order valence-electron chi connectivity index (χ1n) is 14.2. The van der Waals surface area contributed by atoms with Gasteiger partial charge in [0, 0.05) is 25.2 Å². The summed E-state index contributed by atoms with van der Waals surface area (Å²) in [6.07, 6.45) is 6.51. The van der Waals surface area contributed by atoms with Gasteiger partial charge in [0.2, 0.25) is 6.29 Å². The Balaban J connectivity index is 1.34. The van der Waals surface area contributed by atoms with E-state index in [1.807, 2.05) is 0 Å². The molecule has 0 N–H and O–H groups in total. The summed E-state index contributed by atoms with van der Waals surface area (Å²) < 4.78 is 29.9. The van der Waals surface area contributed by atoms with E-state index < -0.39 is 24.3 Å². The lowest BCUT2D eigenvalue weighted by molar-refractivity contribution is -0.226. The smallest absolute Gasteiger partial charge is 0.311 e. The van der Waals surface area contributed by atoms with Gasteiger partial charge in [0.05, 0.1) is 13.0 Å². The lowest BCUT2D eigenvalue weighted by Crippen LogP contribution is -2.61. The van der Waals surface area contributed by atoms with Crippen LogP contribution in [0.4, 0.5) is 0 Å². The Morgan fingerprint density at radius 2 is 1.76 bits per heavy atom. The van der Waals surface area contributed by atoms with Crippen molar-refractivity contribution in [3.63, 3.8) is 0 Å². The molecule has 0 aromatic carbocycles. The highest BCUT2D eigenvalue weighted by Gasteiger charge is 2.71.